The number of benzene rings is 9. The van der Waals surface area contributed by atoms with Gasteiger partial charge in [-0.05, 0) is 47.0 Å². The van der Waals surface area contributed by atoms with E-state index in [0.717, 1.165) is 116 Å². The molecule has 4 aromatic heterocycles. The number of furan rings is 2. The fourth-order valence-corrected chi connectivity index (χ4v) is 9.33. The fourth-order valence-electron chi connectivity index (χ4n) is 9.33. The molecule has 4 heterocycles. The lowest BCUT2D eigenvalue weighted by Gasteiger charge is -2.16. The molecule has 0 saturated heterocycles. The van der Waals surface area contributed by atoms with Crippen LogP contribution in [0.3, 0.4) is 0 Å². The van der Waals surface area contributed by atoms with Gasteiger partial charge in [-0.3, -0.25) is 0 Å². The third-order valence-electron chi connectivity index (χ3n) is 12.3. The molecule has 0 saturated carbocycles. The average Bonchev–Trinajstić information content (AvgIpc) is 3.94. The van der Waals surface area contributed by atoms with Crippen LogP contribution in [0.5, 0.6) is 0 Å². The van der Waals surface area contributed by atoms with Gasteiger partial charge in [0, 0.05) is 60.0 Å². The van der Waals surface area contributed by atoms with E-state index in [9.17, 15) is 0 Å². The van der Waals surface area contributed by atoms with Crippen LogP contribution in [0.1, 0.15) is 0 Å². The van der Waals surface area contributed by atoms with Gasteiger partial charge in [0.2, 0.25) is 0 Å². The summed E-state index contributed by atoms with van der Waals surface area (Å²) < 4.78 is 13.0. The Morgan fingerprint density at radius 3 is 1.55 bits per heavy atom. The molecule has 6 nitrogen and oxygen atoms in total. The second kappa shape index (κ2) is 14.4. The summed E-state index contributed by atoms with van der Waals surface area (Å²) >= 11 is 0. The third kappa shape index (κ3) is 5.81. The standard InChI is InChI=1S/C58H34N4O2/c1-3-14-38(15-4-1)54-46-34-50-53(44-20-9-12-25-49(44)63-50)51(52(46)43-19-7-10-23-47(43)59-54)37-30-26-35(27-31-37)36-28-32-40(33-29-36)57-60-56(39-16-5-2-6-17-39)61-58(62-57)45-22-13-21-42-41-18-8-11-24-48(41)64-55(42)45/h1-34H. The van der Waals surface area contributed by atoms with Gasteiger partial charge in [0.15, 0.2) is 17.5 Å². The second-order valence-corrected chi connectivity index (χ2v) is 16.1. The summed E-state index contributed by atoms with van der Waals surface area (Å²) in [5, 5.41) is 7.58. The van der Waals surface area contributed by atoms with Crippen molar-refractivity contribution in [3.8, 4) is 67.7 Å². The van der Waals surface area contributed by atoms with Gasteiger partial charge in [-0.25, -0.2) is 19.9 Å². The predicted molar refractivity (Wildman–Crippen MR) is 260 cm³/mol. The lowest BCUT2D eigenvalue weighted by atomic mass is 9.89. The molecule has 0 aliphatic carbocycles. The molecule has 0 aliphatic rings. The normalized spacial score (nSPS) is 11.8. The van der Waals surface area contributed by atoms with Crippen LogP contribution < -0.4 is 0 Å². The predicted octanol–water partition coefficient (Wildman–Crippen LogP) is 15.4. The number of nitrogens with zero attached hydrogens (tertiary/aromatic N) is 4. The van der Waals surface area contributed by atoms with E-state index in [1.165, 1.54) is 0 Å². The number of para-hydroxylation sites is 4. The zero-order chi connectivity index (χ0) is 42.1. The lowest BCUT2D eigenvalue weighted by molar-refractivity contribution is 0.669. The van der Waals surface area contributed by atoms with Crippen LogP contribution in [0.25, 0.3) is 133 Å². The minimum Gasteiger partial charge on any atom is -0.456 e. The van der Waals surface area contributed by atoms with E-state index in [-0.39, 0.29) is 0 Å². The molecule has 13 aromatic rings. The smallest absolute Gasteiger partial charge is 0.167 e. The maximum Gasteiger partial charge on any atom is 0.167 e. The molecule has 0 amide bonds. The number of hydrogen-bond donors (Lipinski definition) is 0. The van der Waals surface area contributed by atoms with Crippen molar-refractivity contribution in [3.05, 3.63) is 206 Å². The van der Waals surface area contributed by atoms with Crippen molar-refractivity contribution in [1.82, 2.24) is 19.9 Å². The highest BCUT2D eigenvalue weighted by Crippen LogP contribution is 2.46. The highest BCUT2D eigenvalue weighted by Gasteiger charge is 2.22. The Hall–Kier alpha value is -8.74. The van der Waals surface area contributed by atoms with Crippen LogP contribution in [0.2, 0.25) is 0 Å². The van der Waals surface area contributed by atoms with E-state index in [0.29, 0.717) is 17.5 Å². The zero-order valence-corrected chi connectivity index (χ0v) is 34.2. The first-order chi connectivity index (χ1) is 31.7. The Kier molecular flexibility index (Phi) is 8.11. The first-order valence-electron chi connectivity index (χ1n) is 21.4. The van der Waals surface area contributed by atoms with Crippen molar-refractivity contribution in [2.24, 2.45) is 0 Å². The summed E-state index contributed by atoms with van der Waals surface area (Å²) in [6.45, 7) is 0. The number of hydrogen-bond acceptors (Lipinski definition) is 6. The van der Waals surface area contributed by atoms with Crippen LogP contribution in [0.15, 0.2) is 215 Å². The molecule has 13 rings (SSSR count). The van der Waals surface area contributed by atoms with Gasteiger partial charge >= 0.3 is 0 Å². The molecule has 0 aliphatic heterocycles. The minimum atomic E-state index is 0.556. The minimum absolute atomic E-state index is 0.556. The van der Waals surface area contributed by atoms with E-state index in [1.54, 1.807) is 0 Å². The Bertz CT molecular complexity index is 3930. The van der Waals surface area contributed by atoms with Crippen LogP contribution in [-0.4, -0.2) is 19.9 Å². The van der Waals surface area contributed by atoms with E-state index >= 15 is 0 Å². The summed E-state index contributed by atoms with van der Waals surface area (Å²) in [6, 6.07) is 71.0. The van der Waals surface area contributed by atoms with Gasteiger partial charge in [0.1, 0.15) is 22.3 Å². The van der Waals surface area contributed by atoms with Crippen molar-refractivity contribution >= 4 is 65.6 Å². The maximum absolute atomic E-state index is 6.62. The highest BCUT2D eigenvalue weighted by atomic mass is 16.3. The molecule has 0 fully saturated rings. The van der Waals surface area contributed by atoms with Crippen LogP contribution in [-0.2, 0) is 0 Å². The molecule has 0 unspecified atom stereocenters. The van der Waals surface area contributed by atoms with Gasteiger partial charge in [-0.15, -0.1) is 0 Å². The molecule has 298 valence electrons. The molecule has 6 heteroatoms. The molecule has 0 N–H and O–H groups in total. The van der Waals surface area contributed by atoms with E-state index < -0.39 is 0 Å². The topological polar surface area (TPSA) is 77.8 Å². The Balaban J connectivity index is 0.932. The summed E-state index contributed by atoms with van der Waals surface area (Å²) in [5.74, 6) is 1.74. The monoisotopic (exact) mass is 818 g/mol. The number of rotatable bonds is 6. The fraction of sp³-hybridized carbons (Fsp3) is 0. The maximum atomic E-state index is 6.62. The van der Waals surface area contributed by atoms with Crippen LogP contribution in [0.4, 0.5) is 0 Å². The van der Waals surface area contributed by atoms with E-state index in [2.05, 4.69) is 127 Å². The summed E-state index contributed by atoms with van der Waals surface area (Å²) in [4.78, 5) is 20.4. The van der Waals surface area contributed by atoms with Gasteiger partial charge in [0.05, 0.1) is 16.8 Å². The summed E-state index contributed by atoms with van der Waals surface area (Å²) in [5.41, 5.74) is 13.2. The Labute approximate surface area is 366 Å². The van der Waals surface area contributed by atoms with E-state index in [1.807, 2.05) is 78.9 Å². The molecule has 0 bridgehead atoms. The van der Waals surface area contributed by atoms with Crippen molar-refractivity contribution < 1.29 is 8.83 Å². The molecule has 64 heavy (non-hydrogen) atoms. The Morgan fingerprint density at radius 2 is 0.828 bits per heavy atom. The van der Waals surface area contributed by atoms with Gasteiger partial charge in [-0.2, -0.15) is 0 Å². The molecule has 0 atom stereocenters. The zero-order valence-electron chi connectivity index (χ0n) is 34.2. The van der Waals surface area contributed by atoms with E-state index in [4.69, 9.17) is 28.8 Å². The first-order valence-corrected chi connectivity index (χ1v) is 21.4. The first kappa shape index (κ1) is 36.0. The van der Waals surface area contributed by atoms with Crippen molar-refractivity contribution in [2.45, 2.75) is 0 Å². The largest absolute Gasteiger partial charge is 0.456 e. The van der Waals surface area contributed by atoms with Crippen molar-refractivity contribution in [1.29, 1.82) is 0 Å². The SMILES string of the molecule is c1ccc(-c2nc(-c3ccc(-c4ccc(-c5c6c(cc7c(-c8ccccc8)nc8ccccc8c57)oc5ccccc56)cc4)cc3)nc(-c3cccc4c3oc3ccccc34)n2)cc1. The summed E-state index contributed by atoms with van der Waals surface area (Å²) in [6.07, 6.45) is 0. The molecular weight excluding hydrogens is 785 g/mol. The molecule has 0 radical (unpaired) electrons. The second-order valence-electron chi connectivity index (χ2n) is 16.1. The van der Waals surface area contributed by atoms with Crippen molar-refractivity contribution in [3.63, 3.8) is 0 Å². The molecule has 0 spiro atoms. The summed E-state index contributed by atoms with van der Waals surface area (Å²) in [7, 11) is 0. The third-order valence-corrected chi connectivity index (χ3v) is 12.3. The number of pyridine rings is 1. The average molecular weight is 819 g/mol. The number of fused-ring (bicyclic) bond motifs is 9. The van der Waals surface area contributed by atoms with Gasteiger partial charge < -0.3 is 8.83 Å². The van der Waals surface area contributed by atoms with Gasteiger partial charge in [0.25, 0.3) is 0 Å². The molecule has 9 aromatic carbocycles. The lowest BCUT2D eigenvalue weighted by Crippen LogP contribution is -2.00. The molecular formula is C58H34N4O2. The van der Waals surface area contributed by atoms with Crippen LogP contribution >= 0.6 is 0 Å². The van der Waals surface area contributed by atoms with Gasteiger partial charge in [-0.1, -0.05) is 176 Å². The van der Waals surface area contributed by atoms with Crippen molar-refractivity contribution in [2.75, 3.05) is 0 Å². The number of aromatic nitrogens is 4. The quantitative estimate of drug-likeness (QED) is 0.156. The highest BCUT2D eigenvalue weighted by molar-refractivity contribution is 6.27. The van der Waals surface area contributed by atoms with Crippen LogP contribution in [0, 0.1) is 0 Å². The Morgan fingerprint density at radius 1 is 0.297 bits per heavy atom.